The van der Waals surface area contributed by atoms with Crippen molar-refractivity contribution in [3.63, 3.8) is 0 Å². The second-order valence-corrected chi connectivity index (χ2v) is 5.12. The predicted octanol–water partition coefficient (Wildman–Crippen LogP) is 3.66. The molecule has 0 saturated heterocycles. The first-order valence-electron chi connectivity index (χ1n) is 5.28. The van der Waals surface area contributed by atoms with Gasteiger partial charge in [-0.05, 0) is 17.7 Å². The molecule has 0 bridgehead atoms. The van der Waals surface area contributed by atoms with Gasteiger partial charge in [-0.3, -0.25) is 0 Å². The van der Waals surface area contributed by atoms with Crippen LogP contribution in [0.2, 0.25) is 15.2 Å². The van der Waals surface area contributed by atoms with E-state index in [1.54, 1.807) is 29.8 Å². The Labute approximate surface area is 120 Å². The molecule has 0 aliphatic carbocycles. The molecule has 1 unspecified atom stereocenters. The van der Waals surface area contributed by atoms with Crippen LogP contribution in [0, 0.1) is 0 Å². The zero-order valence-corrected chi connectivity index (χ0v) is 11.8. The molecular weight excluding hydrogens is 295 g/mol. The van der Waals surface area contributed by atoms with Crippen molar-refractivity contribution in [1.82, 2.24) is 9.55 Å². The number of aliphatic hydroxyl groups is 1. The number of aliphatic hydroxyl groups excluding tert-OH is 1. The van der Waals surface area contributed by atoms with Gasteiger partial charge in [0, 0.05) is 23.5 Å². The van der Waals surface area contributed by atoms with Crippen LogP contribution in [-0.2, 0) is 13.5 Å². The van der Waals surface area contributed by atoms with Gasteiger partial charge in [0.2, 0.25) is 0 Å². The topological polar surface area (TPSA) is 38.0 Å². The average Bonchev–Trinajstić information content (AvgIpc) is 2.65. The highest BCUT2D eigenvalue weighted by molar-refractivity contribution is 6.36. The molecule has 1 aromatic heterocycles. The third-order valence-corrected chi connectivity index (χ3v) is 3.78. The number of nitrogens with zero attached hydrogens (tertiary/aromatic N) is 2. The molecule has 0 radical (unpaired) electrons. The van der Waals surface area contributed by atoms with Gasteiger partial charge in [0.25, 0.3) is 0 Å². The number of hydrogen-bond donors (Lipinski definition) is 1. The van der Waals surface area contributed by atoms with Gasteiger partial charge in [0.15, 0.2) is 0 Å². The van der Waals surface area contributed by atoms with Crippen molar-refractivity contribution in [1.29, 1.82) is 0 Å². The van der Waals surface area contributed by atoms with Gasteiger partial charge in [-0.1, -0.05) is 40.9 Å². The standard InChI is InChI=1S/C12H11Cl3N2O/c1-17-11(15)6-16-12(17)10(18)5-7-8(13)3-2-4-9(7)14/h2-4,6,10,18H,5H2,1H3. The van der Waals surface area contributed by atoms with Gasteiger partial charge in [-0.2, -0.15) is 0 Å². The van der Waals surface area contributed by atoms with Gasteiger partial charge >= 0.3 is 0 Å². The second kappa shape index (κ2) is 5.49. The molecule has 0 spiro atoms. The van der Waals surface area contributed by atoms with Crippen molar-refractivity contribution < 1.29 is 5.11 Å². The fourth-order valence-corrected chi connectivity index (χ4v) is 2.41. The van der Waals surface area contributed by atoms with Crippen LogP contribution < -0.4 is 0 Å². The molecule has 2 aromatic rings. The van der Waals surface area contributed by atoms with E-state index in [0.29, 0.717) is 33.0 Å². The van der Waals surface area contributed by atoms with Crippen LogP contribution in [0.15, 0.2) is 24.4 Å². The van der Waals surface area contributed by atoms with E-state index < -0.39 is 6.10 Å². The molecule has 0 saturated carbocycles. The van der Waals surface area contributed by atoms with E-state index in [4.69, 9.17) is 34.8 Å². The molecule has 6 heteroatoms. The molecule has 0 amide bonds. The largest absolute Gasteiger partial charge is 0.385 e. The lowest BCUT2D eigenvalue weighted by atomic mass is 10.1. The average molecular weight is 306 g/mol. The quantitative estimate of drug-likeness (QED) is 0.940. The van der Waals surface area contributed by atoms with Crippen molar-refractivity contribution in [2.45, 2.75) is 12.5 Å². The molecule has 96 valence electrons. The lowest BCUT2D eigenvalue weighted by molar-refractivity contribution is 0.165. The first-order chi connectivity index (χ1) is 8.50. The Hall–Kier alpha value is -0.740. The number of aromatic nitrogens is 2. The number of hydrogen-bond acceptors (Lipinski definition) is 2. The SMILES string of the molecule is Cn1c(Cl)cnc1C(O)Cc1c(Cl)cccc1Cl. The third-order valence-electron chi connectivity index (χ3n) is 2.72. The maximum atomic E-state index is 10.2. The fourth-order valence-electron chi connectivity index (χ4n) is 1.72. The Morgan fingerprint density at radius 3 is 2.39 bits per heavy atom. The first kappa shape index (κ1) is 13.7. The van der Waals surface area contributed by atoms with Crippen molar-refractivity contribution >= 4 is 34.8 Å². The molecule has 1 aromatic carbocycles. The van der Waals surface area contributed by atoms with Crippen LogP contribution >= 0.6 is 34.8 Å². The van der Waals surface area contributed by atoms with E-state index in [1.165, 1.54) is 6.20 Å². The molecule has 0 fully saturated rings. The Morgan fingerprint density at radius 2 is 1.89 bits per heavy atom. The molecule has 0 aliphatic rings. The Bertz CT molecular complexity index is 548. The Kier molecular flexibility index (Phi) is 4.17. The predicted molar refractivity (Wildman–Crippen MR) is 73.3 cm³/mol. The minimum atomic E-state index is -0.806. The highest BCUT2D eigenvalue weighted by atomic mass is 35.5. The highest BCUT2D eigenvalue weighted by Gasteiger charge is 2.18. The molecule has 0 aliphatic heterocycles. The van der Waals surface area contributed by atoms with Crippen molar-refractivity contribution in [2.75, 3.05) is 0 Å². The summed E-state index contributed by atoms with van der Waals surface area (Å²) in [5.74, 6) is 0.482. The summed E-state index contributed by atoms with van der Waals surface area (Å²) in [7, 11) is 1.74. The molecule has 1 atom stereocenters. The summed E-state index contributed by atoms with van der Waals surface area (Å²) in [5, 5.41) is 11.7. The van der Waals surface area contributed by atoms with E-state index in [2.05, 4.69) is 4.98 Å². The van der Waals surface area contributed by atoms with E-state index >= 15 is 0 Å². The summed E-state index contributed by atoms with van der Waals surface area (Å²) in [6.07, 6.45) is 0.980. The minimum Gasteiger partial charge on any atom is -0.385 e. The second-order valence-electron chi connectivity index (χ2n) is 3.92. The number of rotatable bonds is 3. The summed E-state index contributed by atoms with van der Waals surface area (Å²) in [6, 6.07) is 5.24. The van der Waals surface area contributed by atoms with E-state index in [1.807, 2.05) is 0 Å². The fraction of sp³-hybridized carbons (Fsp3) is 0.250. The molecular formula is C12H11Cl3N2O. The van der Waals surface area contributed by atoms with Crippen molar-refractivity contribution in [3.05, 3.63) is 51.0 Å². The van der Waals surface area contributed by atoms with Gasteiger partial charge in [0.05, 0.1) is 6.20 Å². The molecule has 3 nitrogen and oxygen atoms in total. The molecule has 2 rings (SSSR count). The maximum absolute atomic E-state index is 10.2. The number of benzene rings is 1. The van der Waals surface area contributed by atoms with Crippen LogP contribution in [0.1, 0.15) is 17.5 Å². The lowest BCUT2D eigenvalue weighted by Gasteiger charge is -2.13. The zero-order valence-electron chi connectivity index (χ0n) is 9.57. The summed E-state index contributed by atoms with van der Waals surface area (Å²) in [6.45, 7) is 0. The highest BCUT2D eigenvalue weighted by Crippen LogP contribution is 2.29. The van der Waals surface area contributed by atoms with Gasteiger partial charge in [0.1, 0.15) is 17.1 Å². The normalized spacial score (nSPS) is 12.7. The summed E-state index contributed by atoms with van der Waals surface area (Å²) >= 11 is 18.0. The van der Waals surface area contributed by atoms with Crippen LogP contribution in [0.25, 0.3) is 0 Å². The molecule has 1 N–H and O–H groups in total. The van der Waals surface area contributed by atoms with Gasteiger partial charge in [-0.15, -0.1) is 0 Å². The van der Waals surface area contributed by atoms with Crippen LogP contribution in [-0.4, -0.2) is 14.7 Å². The van der Waals surface area contributed by atoms with Crippen LogP contribution in [0.3, 0.4) is 0 Å². The van der Waals surface area contributed by atoms with Crippen molar-refractivity contribution in [2.24, 2.45) is 7.05 Å². The Morgan fingerprint density at radius 1 is 1.28 bits per heavy atom. The maximum Gasteiger partial charge on any atom is 0.138 e. The zero-order chi connectivity index (χ0) is 13.3. The smallest absolute Gasteiger partial charge is 0.138 e. The lowest BCUT2D eigenvalue weighted by Crippen LogP contribution is -2.09. The molecule has 18 heavy (non-hydrogen) atoms. The van der Waals surface area contributed by atoms with Gasteiger partial charge < -0.3 is 9.67 Å². The van der Waals surface area contributed by atoms with E-state index in [0.717, 1.165) is 0 Å². The number of imidazole rings is 1. The third kappa shape index (κ3) is 2.64. The number of halogens is 3. The van der Waals surface area contributed by atoms with Crippen LogP contribution in [0.5, 0.6) is 0 Å². The van der Waals surface area contributed by atoms with Crippen LogP contribution in [0.4, 0.5) is 0 Å². The first-order valence-corrected chi connectivity index (χ1v) is 6.42. The minimum absolute atomic E-state index is 0.291. The van der Waals surface area contributed by atoms with Crippen molar-refractivity contribution in [3.8, 4) is 0 Å². The summed E-state index contributed by atoms with van der Waals surface area (Å²) in [5.41, 5.74) is 0.701. The Balaban J connectivity index is 2.27. The van der Waals surface area contributed by atoms with E-state index in [-0.39, 0.29) is 0 Å². The summed E-state index contributed by atoms with van der Waals surface area (Å²) < 4.78 is 1.62. The van der Waals surface area contributed by atoms with E-state index in [9.17, 15) is 5.11 Å². The van der Waals surface area contributed by atoms with Gasteiger partial charge in [-0.25, -0.2) is 4.98 Å². The molecule has 1 heterocycles. The summed E-state index contributed by atoms with van der Waals surface area (Å²) in [4.78, 5) is 4.07. The monoisotopic (exact) mass is 304 g/mol.